The fourth-order valence-corrected chi connectivity index (χ4v) is 3.88. The van der Waals surface area contributed by atoms with Gasteiger partial charge < -0.3 is 14.3 Å². The molecule has 2 saturated heterocycles. The van der Waals surface area contributed by atoms with Gasteiger partial charge in [0, 0.05) is 51.8 Å². The first-order valence-corrected chi connectivity index (χ1v) is 10.1. The Morgan fingerprint density at radius 1 is 0.963 bits per heavy atom. The van der Waals surface area contributed by atoms with Crippen LogP contribution in [0.1, 0.15) is 50.9 Å². The summed E-state index contributed by atoms with van der Waals surface area (Å²) in [4.78, 5) is 20.6. The molecule has 2 aromatic rings. The van der Waals surface area contributed by atoms with Crippen LogP contribution >= 0.6 is 0 Å². The first kappa shape index (κ1) is 18.2. The fourth-order valence-electron chi connectivity index (χ4n) is 3.88. The zero-order chi connectivity index (χ0) is 18.6. The van der Waals surface area contributed by atoms with Crippen LogP contribution in [0.15, 0.2) is 16.9 Å². The number of hydrogen-bond acceptors (Lipinski definition) is 8. The second-order valence-electron chi connectivity index (χ2n) is 7.38. The van der Waals surface area contributed by atoms with Crippen LogP contribution in [0.2, 0.25) is 0 Å². The van der Waals surface area contributed by atoms with E-state index in [1.165, 1.54) is 19.3 Å². The summed E-state index contributed by atoms with van der Waals surface area (Å²) in [6.45, 7) is 10.2. The monoisotopic (exact) mass is 371 g/mol. The number of aryl methyl sites for hydroxylation is 1. The highest BCUT2D eigenvalue weighted by Gasteiger charge is 2.26. The van der Waals surface area contributed by atoms with Gasteiger partial charge in [-0.25, -0.2) is 9.97 Å². The van der Waals surface area contributed by atoms with E-state index >= 15 is 0 Å². The van der Waals surface area contributed by atoms with E-state index in [2.05, 4.69) is 47.8 Å². The standard InChI is InChI=1S/C19H29N7O/c1-3-16-22-19(27-23-16)15(2)24-9-11-26(12-10-24)18-13-17(20-14-21-18)25-7-5-4-6-8-25/h13-15H,3-12H2,1-2H3. The van der Waals surface area contributed by atoms with Crippen molar-refractivity contribution in [1.29, 1.82) is 0 Å². The predicted octanol–water partition coefficient (Wildman–Crippen LogP) is 2.30. The van der Waals surface area contributed by atoms with Crippen molar-refractivity contribution in [1.82, 2.24) is 25.0 Å². The van der Waals surface area contributed by atoms with Crippen LogP contribution in [0.5, 0.6) is 0 Å². The van der Waals surface area contributed by atoms with E-state index in [0.717, 1.165) is 69.0 Å². The van der Waals surface area contributed by atoms with Crippen molar-refractivity contribution in [3.8, 4) is 0 Å². The Hall–Kier alpha value is -2.22. The Kier molecular flexibility index (Phi) is 5.52. The molecule has 8 nitrogen and oxygen atoms in total. The largest absolute Gasteiger partial charge is 0.356 e. The highest BCUT2D eigenvalue weighted by atomic mass is 16.5. The molecule has 2 fully saturated rings. The number of piperidine rings is 1. The van der Waals surface area contributed by atoms with Gasteiger partial charge in [-0.15, -0.1) is 0 Å². The van der Waals surface area contributed by atoms with E-state index in [1.54, 1.807) is 6.33 Å². The minimum atomic E-state index is 0.147. The zero-order valence-corrected chi connectivity index (χ0v) is 16.3. The molecule has 0 aromatic carbocycles. The first-order valence-electron chi connectivity index (χ1n) is 10.1. The summed E-state index contributed by atoms with van der Waals surface area (Å²) < 4.78 is 5.42. The van der Waals surface area contributed by atoms with Crippen molar-refractivity contribution in [2.75, 3.05) is 49.1 Å². The van der Waals surface area contributed by atoms with E-state index < -0.39 is 0 Å². The third-order valence-electron chi connectivity index (χ3n) is 5.66. The molecule has 0 saturated carbocycles. The quantitative estimate of drug-likeness (QED) is 0.793. The summed E-state index contributed by atoms with van der Waals surface area (Å²) in [5.41, 5.74) is 0. The maximum atomic E-state index is 5.42. The van der Waals surface area contributed by atoms with Gasteiger partial charge in [-0.1, -0.05) is 12.1 Å². The summed E-state index contributed by atoms with van der Waals surface area (Å²) in [7, 11) is 0. The minimum Gasteiger partial charge on any atom is -0.356 e. The van der Waals surface area contributed by atoms with Gasteiger partial charge in [0.05, 0.1) is 6.04 Å². The van der Waals surface area contributed by atoms with Gasteiger partial charge in [0.15, 0.2) is 5.82 Å². The molecule has 2 aromatic heterocycles. The molecule has 1 atom stereocenters. The molecule has 0 aliphatic carbocycles. The maximum absolute atomic E-state index is 5.42. The number of anilines is 2. The second-order valence-corrected chi connectivity index (χ2v) is 7.38. The summed E-state index contributed by atoms with van der Waals surface area (Å²) in [6.07, 6.45) is 6.35. The van der Waals surface area contributed by atoms with Crippen molar-refractivity contribution >= 4 is 11.6 Å². The topological polar surface area (TPSA) is 74.4 Å². The van der Waals surface area contributed by atoms with Crippen molar-refractivity contribution in [3.63, 3.8) is 0 Å². The van der Waals surface area contributed by atoms with Crippen LogP contribution in [0, 0.1) is 0 Å². The van der Waals surface area contributed by atoms with Gasteiger partial charge in [-0.2, -0.15) is 4.98 Å². The SMILES string of the molecule is CCc1noc(C(C)N2CCN(c3cc(N4CCCCC4)ncn3)CC2)n1. The van der Waals surface area contributed by atoms with E-state index in [1.807, 2.05) is 6.92 Å². The lowest BCUT2D eigenvalue weighted by molar-refractivity contribution is 0.164. The first-order chi connectivity index (χ1) is 13.2. The Morgan fingerprint density at radius 3 is 2.26 bits per heavy atom. The molecule has 1 unspecified atom stereocenters. The lowest BCUT2D eigenvalue weighted by Crippen LogP contribution is -2.47. The smallest absolute Gasteiger partial charge is 0.243 e. The third kappa shape index (κ3) is 4.05. The molecule has 0 radical (unpaired) electrons. The maximum Gasteiger partial charge on any atom is 0.243 e. The fraction of sp³-hybridized carbons (Fsp3) is 0.684. The van der Waals surface area contributed by atoms with Gasteiger partial charge >= 0.3 is 0 Å². The van der Waals surface area contributed by atoms with Gasteiger partial charge in [-0.3, -0.25) is 4.90 Å². The summed E-state index contributed by atoms with van der Waals surface area (Å²) >= 11 is 0. The molecule has 146 valence electrons. The van der Waals surface area contributed by atoms with Crippen LogP contribution in [0.4, 0.5) is 11.6 Å². The van der Waals surface area contributed by atoms with E-state index in [-0.39, 0.29) is 6.04 Å². The molecular weight excluding hydrogens is 342 g/mol. The lowest BCUT2D eigenvalue weighted by Gasteiger charge is -2.37. The van der Waals surface area contributed by atoms with Crippen LogP contribution in [-0.2, 0) is 6.42 Å². The molecule has 8 heteroatoms. The molecule has 0 amide bonds. The van der Waals surface area contributed by atoms with Gasteiger partial charge in [0.2, 0.25) is 5.89 Å². The molecule has 0 N–H and O–H groups in total. The minimum absolute atomic E-state index is 0.147. The average Bonchev–Trinajstić information content (AvgIpc) is 3.23. The molecule has 4 rings (SSSR count). The summed E-state index contributed by atoms with van der Waals surface area (Å²) in [5.74, 6) is 3.59. The van der Waals surface area contributed by atoms with Crippen molar-refractivity contribution < 1.29 is 4.52 Å². The number of nitrogens with zero attached hydrogens (tertiary/aromatic N) is 7. The molecule has 0 spiro atoms. The number of rotatable bonds is 5. The van der Waals surface area contributed by atoms with Crippen molar-refractivity contribution in [3.05, 3.63) is 24.1 Å². The average molecular weight is 371 g/mol. The Labute approximate surface area is 160 Å². The Morgan fingerprint density at radius 2 is 1.63 bits per heavy atom. The van der Waals surface area contributed by atoms with Crippen LogP contribution in [-0.4, -0.2) is 64.3 Å². The highest BCUT2D eigenvalue weighted by molar-refractivity contribution is 5.50. The molecule has 0 bridgehead atoms. The van der Waals surface area contributed by atoms with E-state index in [9.17, 15) is 0 Å². The van der Waals surface area contributed by atoms with Gasteiger partial charge in [0.1, 0.15) is 18.0 Å². The van der Waals surface area contributed by atoms with E-state index in [4.69, 9.17) is 4.52 Å². The molecule has 2 aliphatic rings. The normalized spacial score (nSPS) is 20.1. The Balaban J connectivity index is 1.37. The number of hydrogen-bond donors (Lipinski definition) is 0. The highest BCUT2D eigenvalue weighted by Crippen LogP contribution is 2.24. The van der Waals surface area contributed by atoms with Crippen molar-refractivity contribution in [2.45, 2.75) is 45.6 Å². The van der Waals surface area contributed by atoms with Crippen LogP contribution < -0.4 is 9.80 Å². The number of aromatic nitrogens is 4. The molecule has 2 aliphatic heterocycles. The van der Waals surface area contributed by atoms with E-state index in [0.29, 0.717) is 0 Å². The van der Waals surface area contributed by atoms with Crippen LogP contribution in [0.25, 0.3) is 0 Å². The van der Waals surface area contributed by atoms with Gasteiger partial charge in [-0.05, 0) is 26.2 Å². The van der Waals surface area contributed by atoms with Crippen LogP contribution in [0.3, 0.4) is 0 Å². The molecule has 4 heterocycles. The molecular formula is C19H29N7O. The number of piperazine rings is 1. The third-order valence-corrected chi connectivity index (χ3v) is 5.66. The lowest BCUT2D eigenvalue weighted by atomic mass is 10.1. The second kappa shape index (κ2) is 8.21. The Bertz CT molecular complexity index is 735. The van der Waals surface area contributed by atoms with Crippen molar-refractivity contribution in [2.24, 2.45) is 0 Å². The predicted molar refractivity (Wildman–Crippen MR) is 104 cm³/mol. The van der Waals surface area contributed by atoms with Gasteiger partial charge in [0.25, 0.3) is 0 Å². The molecule has 27 heavy (non-hydrogen) atoms. The zero-order valence-electron chi connectivity index (χ0n) is 16.3. The summed E-state index contributed by atoms with van der Waals surface area (Å²) in [5, 5.41) is 4.02. The summed E-state index contributed by atoms with van der Waals surface area (Å²) in [6, 6.07) is 2.30.